The molecule has 2 aromatic heterocycles. The Hall–Kier alpha value is -2.93. The molecule has 1 atom stereocenters. The minimum atomic E-state index is -0.422. The second kappa shape index (κ2) is 7.36. The number of likely N-dealkylation sites (tertiary alicyclic amines) is 1. The lowest BCUT2D eigenvalue weighted by atomic mass is 10.0. The molecule has 140 valence electrons. The van der Waals surface area contributed by atoms with Crippen LogP contribution in [-0.4, -0.2) is 38.9 Å². The van der Waals surface area contributed by atoms with E-state index in [-0.39, 0.29) is 11.5 Å². The lowest BCUT2D eigenvalue weighted by molar-refractivity contribution is -0.384. The van der Waals surface area contributed by atoms with E-state index in [0.29, 0.717) is 6.04 Å². The van der Waals surface area contributed by atoms with Crippen molar-refractivity contribution in [2.24, 2.45) is 0 Å². The number of pyridine rings is 1. The Morgan fingerprint density at radius 2 is 2.30 bits per heavy atom. The zero-order chi connectivity index (χ0) is 18.8. The molecule has 1 aliphatic rings. The monoisotopic (exact) mass is 365 g/mol. The van der Waals surface area contributed by atoms with Crippen molar-refractivity contribution in [2.75, 3.05) is 18.4 Å². The molecule has 3 aromatic rings. The summed E-state index contributed by atoms with van der Waals surface area (Å²) in [4.78, 5) is 20.8. The molecule has 1 aliphatic heterocycles. The minimum absolute atomic E-state index is 0.0311. The molecule has 4 rings (SSSR count). The van der Waals surface area contributed by atoms with Crippen molar-refractivity contribution in [1.82, 2.24) is 14.9 Å². The predicted molar refractivity (Wildman–Crippen MR) is 106 cm³/mol. The summed E-state index contributed by atoms with van der Waals surface area (Å²) < 4.78 is 0. The van der Waals surface area contributed by atoms with Gasteiger partial charge in [0.15, 0.2) is 0 Å². The van der Waals surface area contributed by atoms with Crippen LogP contribution in [0.4, 0.5) is 17.2 Å². The average molecular weight is 365 g/mol. The van der Waals surface area contributed by atoms with Gasteiger partial charge in [-0.2, -0.15) is 0 Å². The van der Waals surface area contributed by atoms with Crippen molar-refractivity contribution in [3.8, 4) is 0 Å². The fraction of sp³-hybridized carbons (Fsp3) is 0.350. The van der Waals surface area contributed by atoms with E-state index in [0.717, 1.165) is 29.6 Å². The Morgan fingerprint density at radius 3 is 3.11 bits per heavy atom. The molecule has 0 aliphatic carbocycles. The summed E-state index contributed by atoms with van der Waals surface area (Å²) in [5.41, 5.74) is 3.13. The van der Waals surface area contributed by atoms with E-state index in [1.807, 2.05) is 18.2 Å². The maximum Gasteiger partial charge on any atom is 0.311 e. The fourth-order valence-electron chi connectivity index (χ4n) is 4.00. The Labute approximate surface area is 157 Å². The molecule has 1 aromatic carbocycles. The van der Waals surface area contributed by atoms with Gasteiger partial charge in [-0.1, -0.05) is 6.92 Å². The maximum atomic E-state index is 11.2. The first-order chi connectivity index (χ1) is 13.2. The molecular weight excluding hydrogens is 342 g/mol. The molecule has 0 spiro atoms. The number of nitrogens with zero attached hydrogens (tertiary/aromatic N) is 3. The average Bonchev–Trinajstić information content (AvgIpc) is 3.29. The van der Waals surface area contributed by atoms with Crippen LogP contribution < -0.4 is 5.32 Å². The fourth-order valence-corrected chi connectivity index (χ4v) is 4.00. The molecule has 1 saturated heterocycles. The van der Waals surface area contributed by atoms with E-state index >= 15 is 0 Å². The number of rotatable bonds is 6. The number of fused-ring (bicyclic) bond motifs is 1. The van der Waals surface area contributed by atoms with Gasteiger partial charge in [0.1, 0.15) is 0 Å². The first kappa shape index (κ1) is 17.5. The number of nitro groups is 1. The number of H-pyrrole nitrogens is 1. The van der Waals surface area contributed by atoms with E-state index in [9.17, 15) is 10.1 Å². The minimum Gasteiger partial charge on any atom is -0.361 e. The topological polar surface area (TPSA) is 87.1 Å². The lowest BCUT2D eigenvalue weighted by Crippen LogP contribution is -2.30. The number of likely N-dealkylation sites (N-methyl/N-ethyl adjacent to an activating group) is 1. The van der Waals surface area contributed by atoms with Crippen molar-refractivity contribution in [1.29, 1.82) is 0 Å². The van der Waals surface area contributed by atoms with E-state index in [1.54, 1.807) is 12.3 Å². The van der Waals surface area contributed by atoms with Crippen LogP contribution in [0.1, 0.15) is 25.3 Å². The summed E-state index contributed by atoms with van der Waals surface area (Å²) in [6.45, 7) is 4.48. The second-order valence-corrected chi connectivity index (χ2v) is 6.96. The van der Waals surface area contributed by atoms with Crippen LogP contribution in [0.25, 0.3) is 10.9 Å². The van der Waals surface area contributed by atoms with Gasteiger partial charge in [0, 0.05) is 41.1 Å². The third-order valence-electron chi connectivity index (χ3n) is 5.37. The van der Waals surface area contributed by atoms with Crippen LogP contribution in [0.3, 0.4) is 0 Å². The highest BCUT2D eigenvalue weighted by molar-refractivity contribution is 5.87. The number of aromatic nitrogens is 2. The molecule has 3 heterocycles. The first-order valence-electron chi connectivity index (χ1n) is 9.36. The molecule has 0 unspecified atom stereocenters. The van der Waals surface area contributed by atoms with Crippen molar-refractivity contribution >= 4 is 28.1 Å². The van der Waals surface area contributed by atoms with Crippen LogP contribution >= 0.6 is 0 Å². The molecule has 7 heteroatoms. The van der Waals surface area contributed by atoms with Crippen LogP contribution in [-0.2, 0) is 6.42 Å². The molecular formula is C20H23N5O2. The molecule has 7 nitrogen and oxygen atoms in total. The Kier molecular flexibility index (Phi) is 4.77. The van der Waals surface area contributed by atoms with Crippen molar-refractivity contribution in [3.05, 3.63) is 58.4 Å². The zero-order valence-corrected chi connectivity index (χ0v) is 15.3. The standard InChI is InChI=1S/C20H23N5O2/c1-2-24-10-4-5-16(24)11-14-13-22-18-8-7-15(12-17(14)18)23-20-19(25(26)27)6-3-9-21-20/h3,6-9,12-13,16,22H,2,4-5,10-11H2,1H3,(H,21,23)/t16-/m1/s1. The first-order valence-corrected chi connectivity index (χ1v) is 9.36. The Bertz CT molecular complexity index is 968. The van der Waals surface area contributed by atoms with Gasteiger partial charge in [-0.15, -0.1) is 0 Å². The highest BCUT2D eigenvalue weighted by atomic mass is 16.6. The summed E-state index contributed by atoms with van der Waals surface area (Å²) in [6.07, 6.45) is 7.15. The van der Waals surface area contributed by atoms with Gasteiger partial charge in [0.2, 0.25) is 5.82 Å². The number of nitrogens with one attached hydrogen (secondary N) is 2. The number of hydrogen-bond acceptors (Lipinski definition) is 5. The highest BCUT2D eigenvalue weighted by Crippen LogP contribution is 2.30. The van der Waals surface area contributed by atoms with Crippen LogP contribution in [0.15, 0.2) is 42.7 Å². The van der Waals surface area contributed by atoms with Gasteiger partial charge in [-0.05, 0) is 62.2 Å². The molecule has 0 bridgehead atoms. The molecule has 27 heavy (non-hydrogen) atoms. The summed E-state index contributed by atoms with van der Waals surface area (Å²) in [5.74, 6) is 0.256. The van der Waals surface area contributed by atoms with Crippen LogP contribution in [0.5, 0.6) is 0 Å². The lowest BCUT2D eigenvalue weighted by Gasteiger charge is -2.22. The van der Waals surface area contributed by atoms with Gasteiger partial charge < -0.3 is 15.2 Å². The molecule has 2 N–H and O–H groups in total. The third kappa shape index (κ3) is 3.50. The quantitative estimate of drug-likeness (QED) is 0.504. The molecule has 0 saturated carbocycles. The maximum absolute atomic E-state index is 11.2. The molecule has 0 radical (unpaired) electrons. The van der Waals surface area contributed by atoms with Crippen molar-refractivity contribution in [2.45, 2.75) is 32.2 Å². The number of hydrogen-bond donors (Lipinski definition) is 2. The predicted octanol–water partition coefficient (Wildman–Crippen LogP) is 4.24. The third-order valence-corrected chi connectivity index (χ3v) is 5.37. The second-order valence-electron chi connectivity index (χ2n) is 6.96. The van der Waals surface area contributed by atoms with E-state index < -0.39 is 4.92 Å². The number of anilines is 2. The normalized spacial score (nSPS) is 17.4. The summed E-state index contributed by atoms with van der Waals surface area (Å²) in [7, 11) is 0. The van der Waals surface area contributed by atoms with Crippen molar-refractivity contribution in [3.63, 3.8) is 0 Å². The van der Waals surface area contributed by atoms with E-state index in [2.05, 4.69) is 33.3 Å². The summed E-state index contributed by atoms with van der Waals surface area (Å²) in [5, 5.41) is 15.5. The highest BCUT2D eigenvalue weighted by Gasteiger charge is 2.24. The molecule has 1 fully saturated rings. The van der Waals surface area contributed by atoms with E-state index in [4.69, 9.17) is 0 Å². The van der Waals surface area contributed by atoms with Gasteiger partial charge in [-0.3, -0.25) is 10.1 Å². The van der Waals surface area contributed by atoms with Gasteiger partial charge in [-0.25, -0.2) is 4.98 Å². The Morgan fingerprint density at radius 1 is 1.41 bits per heavy atom. The van der Waals surface area contributed by atoms with E-state index in [1.165, 1.54) is 31.0 Å². The number of benzene rings is 1. The largest absolute Gasteiger partial charge is 0.361 e. The van der Waals surface area contributed by atoms with Crippen LogP contribution in [0, 0.1) is 10.1 Å². The summed E-state index contributed by atoms with van der Waals surface area (Å²) >= 11 is 0. The smallest absolute Gasteiger partial charge is 0.311 e. The number of aromatic amines is 1. The SMILES string of the molecule is CCN1CCC[C@@H]1Cc1c[nH]c2ccc(Nc3ncccc3[N+](=O)[O-])cc12. The zero-order valence-electron chi connectivity index (χ0n) is 15.3. The Balaban J connectivity index is 1.62. The van der Waals surface area contributed by atoms with Crippen molar-refractivity contribution < 1.29 is 4.92 Å². The van der Waals surface area contributed by atoms with Gasteiger partial charge >= 0.3 is 5.69 Å². The van der Waals surface area contributed by atoms with Gasteiger partial charge in [0.05, 0.1) is 4.92 Å². The molecule has 0 amide bonds. The van der Waals surface area contributed by atoms with Gasteiger partial charge in [0.25, 0.3) is 0 Å². The van der Waals surface area contributed by atoms with Crippen LogP contribution in [0.2, 0.25) is 0 Å². The summed E-state index contributed by atoms with van der Waals surface area (Å²) in [6, 6.07) is 9.57.